The summed E-state index contributed by atoms with van der Waals surface area (Å²) in [6.07, 6.45) is 2.70. The Kier molecular flexibility index (Phi) is 5.46. The highest BCUT2D eigenvalue weighted by Gasteiger charge is 2.20. The molecule has 1 heterocycles. The van der Waals surface area contributed by atoms with Gasteiger partial charge >= 0.3 is 0 Å². The smallest absolute Gasteiger partial charge is 0.163 e. The molecule has 0 bridgehead atoms. The second kappa shape index (κ2) is 7.11. The van der Waals surface area contributed by atoms with E-state index in [9.17, 15) is 13.9 Å². The van der Waals surface area contributed by atoms with Crippen molar-refractivity contribution in [2.45, 2.75) is 25.3 Å². The van der Waals surface area contributed by atoms with Gasteiger partial charge in [-0.2, -0.15) is 0 Å². The lowest BCUT2D eigenvalue weighted by molar-refractivity contribution is 0.118. The maximum Gasteiger partial charge on any atom is 0.163 e. The Hall–Kier alpha value is -1.04. The molecule has 1 aromatic carbocycles. The molecule has 2 unspecified atom stereocenters. The molecular formula is C15H22F2N2O. The molecule has 3 N–H and O–H groups in total. The molecule has 0 aromatic heterocycles. The van der Waals surface area contributed by atoms with Crippen molar-refractivity contribution in [1.29, 1.82) is 0 Å². The van der Waals surface area contributed by atoms with Crippen LogP contribution < -0.4 is 5.73 Å². The number of hydrogen-bond acceptors (Lipinski definition) is 3. The number of rotatable bonds is 5. The Morgan fingerprint density at radius 1 is 1.40 bits per heavy atom. The van der Waals surface area contributed by atoms with Crippen LogP contribution >= 0.6 is 0 Å². The predicted octanol–water partition coefficient (Wildman–Crippen LogP) is 2.06. The van der Waals surface area contributed by atoms with E-state index in [0.29, 0.717) is 12.3 Å². The van der Waals surface area contributed by atoms with Crippen LogP contribution in [0.2, 0.25) is 0 Å². The first-order chi connectivity index (χ1) is 9.61. The van der Waals surface area contributed by atoms with E-state index < -0.39 is 17.7 Å². The zero-order valence-corrected chi connectivity index (χ0v) is 11.6. The van der Waals surface area contributed by atoms with Gasteiger partial charge in [-0.3, -0.25) is 0 Å². The highest BCUT2D eigenvalue weighted by Crippen LogP contribution is 2.22. The Morgan fingerprint density at radius 3 is 2.95 bits per heavy atom. The molecule has 2 rings (SSSR count). The van der Waals surface area contributed by atoms with E-state index >= 15 is 0 Å². The number of likely N-dealkylation sites (tertiary alicyclic amines) is 1. The first-order valence-corrected chi connectivity index (χ1v) is 7.14. The van der Waals surface area contributed by atoms with Crippen molar-refractivity contribution in [2.75, 3.05) is 26.2 Å². The third kappa shape index (κ3) is 3.75. The van der Waals surface area contributed by atoms with Crippen molar-refractivity contribution in [1.82, 2.24) is 4.90 Å². The highest BCUT2D eigenvalue weighted by atomic mass is 19.2. The molecule has 0 aliphatic carbocycles. The molecule has 1 fully saturated rings. The normalized spacial score (nSPS) is 21.9. The Labute approximate surface area is 118 Å². The minimum atomic E-state index is -0.851. The molecular weight excluding hydrogens is 262 g/mol. The SMILES string of the molecule is NC(CCN1CCCC(CO)C1)c1cccc(F)c1F. The van der Waals surface area contributed by atoms with Gasteiger partial charge < -0.3 is 15.7 Å². The van der Waals surface area contributed by atoms with Gasteiger partial charge in [-0.05, 0) is 44.3 Å². The van der Waals surface area contributed by atoms with Gasteiger partial charge in [0.15, 0.2) is 11.6 Å². The number of piperidine rings is 1. The predicted molar refractivity (Wildman–Crippen MR) is 74.2 cm³/mol. The number of benzene rings is 1. The molecule has 5 heteroatoms. The van der Waals surface area contributed by atoms with Crippen molar-refractivity contribution < 1.29 is 13.9 Å². The van der Waals surface area contributed by atoms with Crippen molar-refractivity contribution in [3.63, 3.8) is 0 Å². The van der Waals surface area contributed by atoms with Crippen LogP contribution in [0.4, 0.5) is 8.78 Å². The monoisotopic (exact) mass is 284 g/mol. The summed E-state index contributed by atoms with van der Waals surface area (Å²) >= 11 is 0. The van der Waals surface area contributed by atoms with E-state index in [1.807, 2.05) is 0 Å². The first-order valence-electron chi connectivity index (χ1n) is 7.14. The molecule has 1 saturated heterocycles. The molecule has 1 aromatic rings. The number of aliphatic hydroxyl groups is 1. The summed E-state index contributed by atoms with van der Waals surface area (Å²) in [6, 6.07) is 3.62. The zero-order chi connectivity index (χ0) is 14.5. The van der Waals surface area contributed by atoms with Crippen molar-refractivity contribution in [2.24, 2.45) is 11.7 Å². The quantitative estimate of drug-likeness (QED) is 0.870. The third-order valence-electron chi connectivity index (χ3n) is 4.00. The standard InChI is InChI=1S/C15H22F2N2O/c16-13-5-1-4-12(15(13)17)14(18)6-8-19-7-2-3-11(9-19)10-20/h1,4-5,11,14,20H,2-3,6-10,18H2. The molecule has 2 atom stereocenters. The van der Waals surface area contributed by atoms with Crippen LogP contribution in [-0.2, 0) is 0 Å². The van der Waals surface area contributed by atoms with E-state index in [-0.39, 0.29) is 12.2 Å². The minimum Gasteiger partial charge on any atom is -0.396 e. The summed E-state index contributed by atoms with van der Waals surface area (Å²) in [6.45, 7) is 2.79. The molecule has 1 aliphatic heterocycles. The lowest BCUT2D eigenvalue weighted by Crippen LogP contribution is -2.38. The molecule has 112 valence electrons. The van der Waals surface area contributed by atoms with Gasteiger partial charge in [-0.15, -0.1) is 0 Å². The Bertz CT molecular complexity index is 442. The molecule has 3 nitrogen and oxygen atoms in total. The van der Waals surface area contributed by atoms with Crippen LogP contribution in [0, 0.1) is 17.6 Å². The fourth-order valence-corrected chi connectivity index (χ4v) is 2.79. The van der Waals surface area contributed by atoms with E-state index in [1.165, 1.54) is 12.1 Å². The summed E-state index contributed by atoms with van der Waals surface area (Å²) in [5.41, 5.74) is 6.20. The van der Waals surface area contributed by atoms with E-state index in [0.717, 1.165) is 38.5 Å². The molecule has 1 aliphatic rings. The first kappa shape index (κ1) is 15.4. The molecule has 20 heavy (non-hydrogen) atoms. The highest BCUT2D eigenvalue weighted by molar-refractivity contribution is 5.22. The van der Waals surface area contributed by atoms with Gasteiger partial charge in [-0.25, -0.2) is 8.78 Å². The Morgan fingerprint density at radius 2 is 2.20 bits per heavy atom. The summed E-state index contributed by atoms with van der Waals surface area (Å²) in [5, 5.41) is 9.19. The summed E-state index contributed by atoms with van der Waals surface area (Å²) < 4.78 is 26.8. The van der Waals surface area contributed by atoms with Crippen LogP contribution in [0.1, 0.15) is 30.9 Å². The van der Waals surface area contributed by atoms with Crippen LogP contribution in [-0.4, -0.2) is 36.2 Å². The third-order valence-corrected chi connectivity index (χ3v) is 4.00. The summed E-state index contributed by atoms with van der Waals surface area (Å²) in [4.78, 5) is 2.24. The maximum absolute atomic E-state index is 13.6. The van der Waals surface area contributed by atoms with Crippen molar-refractivity contribution >= 4 is 0 Å². The van der Waals surface area contributed by atoms with Crippen LogP contribution in [0.3, 0.4) is 0 Å². The van der Waals surface area contributed by atoms with Gasteiger partial charge in [-0.1, -0.05) is 12.1 Å². The van der Waals surface area contributed by atoms with Gasteiger partial charge in [0.1, 0.15) is 0 Å². The lowest BCUT2D eigenvalue weighted by atomic mass is 9.98. The zero-order valence-electron chi connectivity index (χ0n) is 11.6. The minimum absolute atomic E-state index is 0.209. The molecule has 0 radical (unpaired) electrons. The van der Waals surface area contributed by atoms with E-state index in [1.54, 1.807) is 0 Å². The molecule has 0 amide bonds. The van der Waals surface area contributed by atoms with Crippen LogP contribution in [0.25, 0.3) is 0 Å². The number of aliphatic hydroxyl groups excluding tert-OH is 1. The number of hydrogen-bond donors (Lipinski definition) is 2. The van der Waals surface area contributed by atoms with Crippen LogP contribution in [0.5, 0.6) is 0 Å². The second-order valence-electron chi connectivity index (χ2n) is 5.53. The van der Waals surface area contributed by atoms with Gasteiger partial charge in [0.05, 0.1) is 0 Å². The van der Waals surface area contributed by atoms with Crippen molar-refractivity contribution in [3.05, 3.63) is 35.4 Å². The van der Waals surface area contributed by atoms with E-state index in [2.05, 4.69) is 4.90 Å². The average molecular weight is 284 g/mol. The maximum atomic E-state index is 13.6. The summed E-state index contributed by atoms with van der Waals surface area (Å²) in [5.74, 6) is -1.37. The fourth-order valence-electron chi connectivity index (χ4n) is 2.79. The average Bonchev–Trinajstić information content (AvgIpc) is 2.48. The topological polar surface area (TPSA) is 49.5 Å². The van der Waals surface area contributed by atoms with E-state index in [4.69, 9.17) is 5.73 Å². The lowest BCUT2D eigenvalue weighted by Gasteiger charge is -2.32. The Balaban J connectivity index is 1.88. The van der Waals surface area contributed by atoms with Crippen molar-refractivity contribution in [3.8, 4) is 0 Å². The van der Waals surface area contributed by atoms with Gasteiger partial charge in [0.25, 0.3) is 0 Å². The van der Waals surface area contributed by atoms with Gasteiger partial charge in [0, 0.05) is 24.8 Å². The number of nitrogens with two attached hydrogens (primary N) is 1. The largest absolute Gasteiger partial charge is 0.396 e. The number of halogens is 2. The summed E-state index contributed by atoms with van der Waals surface area (Å²) in [7, 11) is 0. The van der Waals surface area contributed by atoms with Gasteiger partial charge in [0.2, 0.25) is 0 Å². The van der Waals surface area contributed by atoms with Crippen LogP contribution in [0.15, 0.2) is 18.2 Å². The molecule has 0 saturated carbocycles. The molecule has 0 spiro atoms. The number of nitrogens with zero attached hydrogens (tertiary/aromatic N) is 1. The fraction of sp³-hybridized carbons (Fsp3) is 0.600. The second-order valence-corrected chi connectivity index (χ2v) is 5.53.